The lowest BCUT2D eigenvalue weighted by atomic mass is 9.95. The molecule has 2 unspecified atom stereocenters. The van der Waals surface area contributed by atoms with Gasteiger partial charge in [-0.2, -0.15) is 0 Å². The summed E-state index contributed by atoms with van der Waals surface area (Å²) in [5.41, 5.74) is 1.38. The van der Waals surface area contributed by atoms with Crippen LogP contribution < -0.4 is 4.74 Å². The van der Waals surface area contributed by atoms with Crippen molar-refractivity contribution in [2.45, 2.75) is 39.0 Å². The van der Waals surface area contributed by atoms with Gasteiger partial charge in [0.1, 0.15) is 11.5 Å². The van der Waals surface area contributed by atoms with E-state index in [-0.39, 0.29) is 0 Å². The van der Waals surface area contributed by atoms with Gasteiger partial charge in [-0.25, -0.2) is 0 Å². The summed E-state index contributed by atoms with van der Waals surface area (Å²) in [4.78, 5) is 2.63. The van der Waals surface area contributed by atoms with E-state index in [1.165, 1.54) is 44.5 Å². The standard InChI is InChI=1S/C22H28ClNO/c1-17-4-3-14-24(16-17)15-13-18(2)19-5-9-21(10-6-19)25-22-11-7-20(23)8-12-22/h5-12,17-18H,3-4,13-16H2,1-2H3. The summed E-state index contributed by atoms with van der Waals surface area (Å²) in [5, 5.41) is 0.722. The van der Waals surface area contributed by atoms with Crippen LogP contribution in [0.3, 0.4) is 0 Å². The fourth-order valence-corrected chi connectivity index (χ4v) is 3.66. The highest BCUT2D eigenvalue weighted by Gasteiger charge is 2.17. The maximum absolute atomic E-state index is 5.91. The van der Waals surface area contributed by atoms with Gasteiger partial charge in [-0.1, -0.05) is 37.6 Å². The fourth-order valence-electron chi connectivity index (χ4n) is 3.54. The zero-order chi connectivity index (χ0) is 17.6. The van der Waals surface area contributed by atoms with Crippen LogP contribution in [0.25, 0.3) is 0 Å². The van der Waals surface area contributed by atoms with E-state index in [0.29, 0.717) is 5.92 Å². The second kappa shape index (κ2) is 8.73. The first-order valence-electron chi connectivity index (χ1n) is 9.36. The van der Waals surface area contributed by atoms with Crippen molar-refractivity contribution < 1.29 is 4.74 Å². The van der Waals surface area contributed by atoms with E-state index in [1.54, 1.807) is 0 Å². The summed E-state index contributed by atoms with van der Waals surface area (Å²) in [6, 6.07) is 16.0. The molecule has 0 radical (unpaired) electrons. The second-order valence-electron chi connectivity index (χ2n) is 7.36. The minimum absolute atomic E-state index is 0.571. The Morgan fingerprint density at radius 1 is 1.08 bits per heavy atom. The van der Waals surface area contributed by atoms with Crippen LogP contribution in [0.1, 0.15) is 44.6 Å². The van der Waals surface area contributed by atoms with Gasteiger partial charge >= 0.3 is 0 Å². The maximum atomic E-state index is 5.91. The first-order chi connectivity index (χ1) is 12.1. The quantitative estimate of drug-likeness (QED) is 0.596. The SMILES string of the molecule is CC1CCCN(CCC(C)c2ccc(Oc3ccc(Cl)cc3)cc2)C1. The lowest BCUT2D eigenvalue weighted by molar-refractivity contribution is 0.179. The third kappa shape index (κ3) is 5.49. The Morgan fingerprint density at radius 3 is 2.36 bits per heavy atom. The third-order valence-corrected chi connectivity index (χ3v) is 5.37. The molecule has 0 aromatic heterocycles. The molecule has 2 aromatic carbocycles. The molecular formula is C22H28ClNO. The monoisotopic (exact) mass is 357 g/mol. The topological polar surface area (TPSA) is 12.5 Å². The Kier molecular flexibility index (Phi) is 6.39. The minimum Gasteiger partial charge on any atom is -0.457 e. The first-order valence-corrected chi connectivity index (χ1v) is 9.73. The van der Waals surface area contributed by atoms with E-state index in [1.807, 2.05) is 24.3 Å². The molecule has 0 spiro atoms. The number of ether oxygens (including phenoxy) is 1. The first kappa shape index (κ1) is 18.3. The summed E-state index contributed by atoms with van der Waals surface area (Å²) in [6.07, 6.45) is 3.96. The predicted octanol–water partition coefficient (Wildman–Crippen LogP) is 6.36. The van der Waals surface area contributed by atoms with E-state index in [2.05, 4.69) is 43.0 Å². The highest BCUT2D eigenvalue weighted by atomic mass is 35.5. The van der Waals surface area contributed by atoms with Crippen LogP contribution in [-0.4, -0.2) is 24.5 Å². The number of benzene rings is 2. The molecule has 1 fully saturated rings. The summed E-state index contributed by atoms with van der Waals surface area (Å²) in [5.74, 6) is 3.10. The number of hydrogen-bond acceptors (Lipinski definition) is 2. The molecule has 3 heteroatoms. The van der Waals surface area contributed by atoms with Crippen molar-refractivity contribution in [3.05, 3.63) is 59.1 Å². The van der Waals surface area contributed by atoms with Crippen LogP contribution in [0.4, 0.5) is 0 Å². The molecule has 1 aliphatic heterocycles. The van der Waals surface area contributed by atoms with Gasteiger partial charge in [0.15, 0.2) is 0 Å². The normalized spacial score (nSPS) is 19.6. The summed E-state index contributed by atoms with van der Waals surface area (Å²) in [7, 11) is 0. The van der Waals surface area contributed by atoms with Crippen molar-refractivity contribution >= 4 is 11.6 Å². The number of piperidine rings is 1. The smallest absolute Gasteiger partial charge is 0.127 e. The van der Waals surface area contributed by atoms with Crippen molar-refractivity contribution in [1.82, 2.24) is 4.90 Å². The van der Waals surface area contributed by atoms with Crippen LogP contribution in [-0.2, 0) is 0 Å². The van der Waals surface area contributed by atoms with Crippen molar-refractivity contribution in [2.75, 3.05) is 19.6 Å². The van der Waals surface area contributed by atoms with Crippen LogP contribution >= 0.6 is 11.6 Å². The fraction of sp³-hybridized carbons (Fsp3) is 0.455. The molecule has 3 rings (SSSR count). The molecule has 0 N–H and O–H groups in total. The zero-order valence-corrected chi connectivity index (χ0v) is 16.0. The Labute approximate surface area is 156 Å². The average Bonchev–Trinajstić information content (AvgIpc) is 2.62. The zero-order valence-electron chi connectivity index (χ0n) is 15.2. The van der Waals surface area contributed by atoms with Gasteiger partial charge in [0.05, 0.1) is 0 Å². The van der Waals surface area contributed by atoms with Crippen molar-refractivity contribution in [3.8, 4) is 11.5 Å². The number of halogens is 1. The molecule has 134 valence electrons. The van der Waals surface area contributed by atoms with Gasteiger partial charge in [-0.3, -0.25) is 0 Å². The molecular weight excluding hydrogens is 330 g/mol. The van der Waals surface area contributed by atoms with Gasteiger partial charge in [-0.05, 0) is 86.1 Å². The Morgan fingerprint density at radius 2 is 1.72 bits per heavy atom. The lowest BCUT2D eigenvalue weighted by Gasteiger charge is -2.31. The van der Waals surface area contributed by atoms with Crippen LogP contribution in [0.2, 0.25) is 5.02 Å². The van der Waals surface area contributed by atoms with Gasteiger partial charge in [0.25, 0.3) is 0 Å². The van der Waals surface area contributed by atoms with E-state index in [9.17, 15) is 0 Å². The molecule has 0 aliphatic carbocycles. The molecule has 25 heavy (non-hydrogen) atoms. The molecule has 0 bridgehead atoms. The molecule has 2 nitrogen and oxygen atoms in total. The molecule has 0 saturated carbocycles. The summed E-state index contributed by atoms with van der Waals surface area (Å²) >= 11 is 5.91. The van der Waals surface area contributed by atoms with Crippen molar-refractivity contribution in [3.63, 3.8) is 0 Å². The maximum Gasteiger partial charge on any atom is 0.127 e. The number of hydrogen-bond donors (Lipinski definition) is 0. The number of rotatable bonds is 6. The van der Waals surface area contributed by atoms with E-state index < -0.39 is 0 Å². The van der Waals surface area contributed by atoms with E-state index in [0.717, 1.165) is 22.4 Å². The second-order valence-corrected chi connectivity index (χ2v) is 7.80. The predicted molar refractivity (Wildman–Crippen MR) is 106 cm³/mol. The van der Waals surface area contributed by atoms with Crippen LogP contribution in [0.5, 0.6) is 11.5 Å². The van der Waals surface area contributed by atoms with Crippen molar-refractivity contribution in [2.24, 2.45) is 5.92 Å². The lowest BCUT2D eigenvalue weighted by Crippen LogP contribution is -2.35. The van der Waals surface area contributed by atoms with Gasteiger partial charge in [0.2, 0.25) is 0 Å². The Bertz CT molecular complexity index is 653. The molecule has 0 amide bonds. The molecule has 1 aliphatic rings. The molecule has 2 atom stereocenters. The highest BCUT2D eigenvalue weighted by molar-refractivity contribution is 6.30. The largest absolute Gasteiger partial charge is 0.457 e. The highest BCUT2D eigenvalue weighted by Crippen LogP contribution is 2.27. The van der Waals surface area contributed by atoms with Crippen molar-refractivity contribution in [1.29, 1.82) is 0 Å². The molecule has 1 heterocycles. The number of nitrogens with zero attached hydrogens (tertiary/aromatic N) is 1. The molecule has 1 saturated heterocycles. The Hall–Kier alpha value is -1.51. The summed E-state index contributed by atoms with van der Waals surface area (Å²) in [6.45, 7) is 8.43. The van der Waals surface area contributed by atoms with E-state index >= 15 is 0 Å². The minimum atomic E-state index is 0.571. The van der Waals surface area contributed by atoms with Gasteiger partial charge in [0, 0.05) is 11.6 Å². The third-order valence-electron chi connectivity index (χ3n) is 5.12. The molecule has 2 aromatic rings. The Balaban J connectivity index is 1.51. The summed E-state index contributed by atoms with van der Waals surface area (Å²) < 4.78 is 5.87. The number of likely N-dealkylation sites (tertiary alicyclic amines) is 1. The van der Waals surface area contributed by atoms with Gasteiger partial charge in [-0.15, -0.1) is 0 Å². The van der Waals surface area contributed by atoms with Gasteiger partial charge < -0.3 is 9.64 Å². The van der Waals surface area contributed by atoms with Crippen LogP contribution in [0, 0.1) is 5.92 Å². The average molecular weight is 358 g/mol. The van der Waals surface area contributed by atoms with E-state index in [4.69, 9.17) is 16.3 Å². The van der Waals surface area contributed by atoms with Crippen LogP contribution in [0.15, 0.2) is 48.5 Å².